The summed E-state index contributed by atoms with van der Waals surface area (Å²) in [6.07, 6.45) is 3.25. The number of rotatable bonds is 1. The molecule has 1 amide bonds. The van der Waals surface area contributed by atoms with Crippen LogP contribution in [0, 0.1) is 0 Å². The fourth-order valence-electron chi connectivity index (χ4n) is 1.91. The second-order valence-corrected chi connectivity index (χ2v) is 4.91. The summed E-state index contributed by atoms with van der Waals surface area (Å²) in [4.78, 5) is 22.3. The molecule has 0 aromatic carbocycles. The van der Waals surface area contributed by atoms with Crippen LogP contribution in [0.3, 0.4) is 0 Å². The zero-order valence-corrected chi connectivity index (χ0v) is 11.5. The Balaban J connectivity index is 2.00. The quantitative estimate of drug-likeness (QED) is 0.809. The van der Waals surface area contributed by atoms with Gasteiger partial charge in [0.05, 0.1) is 6.54 Å². The summed E-state index contributed by atoms with van der Waals surface area (Å²) in [7, 11) is 0. The van der Waals surface area contributed by atoms with Gasteiger partial charge in [0.15, 0.2) is 0 Å². The molecule has 0 spiro atoms. The zero-order chi connectivity index (χ0) is 13.2. The lowest BCUT2D eigenvalue weighted by atomic mass is 10.2. The van der Waals surface area contributed by atoms with Gasteiger partial charge in [0.25, 0.3) is 5.91 Å². The van der Waals surface area contributed by atoms with Crippen LogP contribution in [0.15, 0.2) is 41.1 Å². The van der Waals surface area contributed by atoms with Gasteiger partial charge in [-0.1, -0.05) is 6.07 Å². The molecule has 2 aromatic heterocycles. The highest BCUT2D eigenvalue weighted by Gasteiger charge is 2.26. The number of aromatic nitrogens is 2. The number of fused-ring (bicyclic) bond motifs is 1. The highest BCUT2D eigenvalue weighted by atomic mass is 79.9. The molecule has 0 atom stereocenters. The lowest BCUT2D eigenvalue weighted by Crippen LogP contribution is -2.38. The van der Waals surface area contributed by atoms with Crippen molar-refractivity contribution in [2.24, 2.45) is 0 Å². The Hall–Kier alpha value is -1.95. The third-order valence-electron chi connectivity index (χ3n) is 2.77. The molecule has 2 aromatic rings. The minimum absolute atomic E-state index is 0.148. The van der Waals surface area contributed by atoms with Gasteiger partial charge in [0.1, 0.15) is 18.0 Å². The number of carbonyl (C=O) groups is 1. The van der Waals surface area contributed by atoms with E-state index in [1.165, 1.54) is 0 Å². The van der Waals surface area contributed by atoms with Crippen molar-refractivity contribution in [3.8, 4) is 5.88 Å². The van der Waals surface area contributed by atoms with Gasteiger partial charge in [-0.3, -0.25) is 14.7 Å². The van der Waals surface area contributed by atoms with E-state index in [1.54, 1.807) is 35.5 Å². The molecule has 0 radical (unpaired) electrons. The van der Waals surface area contributed by atoms with E-state index in [4.69, 9.17) is 4.74 Å². The Labute approximate surface area is 118 Å². The van der Waals surface area contributed by atoms with Gasteiger partial charge in [-0.25, -0.2) is 4.98 Å². The van der Waals surface area contributed by atoms with Crippen LogP contribution in [-0.2, 0) is 0 Å². The number of pyridine rings is 2. The molecular weight excluding hydrogens is 310 g/mol. The van der Waals surface area contributed by atoms with E-state index in [1.807, 2.05) is 6.07 Å². The maximum absolute atomic E-state index is 12.4. The number of carbonyl (C=O) groups excluding carboxylic acids is 1. The van der Waals surface area contributed by atoms with E-state index >= 15 is 0 Å². The highest BCUT2D eigenvalue weighted by Crippen LogP contribution is 2.32. The van der Waals surface area contributed by atoms with Crippen LogP contribution >= 0.6 is 15.9 Å². The topological polar surface area (TPSA) is 55.3 Å². The van der Waals surface area contributed by atoms with Crippen molar-refractivity contribution in [2.75, 3.05) is 18.1 Å². The molecule has 96 valence electrons. The highest BCUT2D eigenvalue weighted by molar-refractivity contribution is 9.10. The van der Waals surface area contributed by atoms with Gasteiger partial charge in [-0.2, -0.15) is 0 Å². The number of amides is 1. The van der Waals surface area contributed by atoms with Gasteiger partial charge in [0, 0.05) is 16.9 Å². The van der Waals surface area contributed by atoms with Gasteiger partial charge in [0.2, 0.25) is 5.88 Å². The summed E-state index contributed by atoms with van der Waals surface area (Å²) >= 11 is 3.35. The lowest BCUT2D eigenvalue weighted by molar-refractivity contribution is 0.0971. The number of hydrogen-bond donors (Lipinski definition) is 0. The van der Waals surface area contributed by atoms with E-state index in [-0.39, 0.29) is 5.91 Å². The first-order valence-corrected chi connectivity index (χ1v) is 6.56. The van der Waals surface area contributed by atoms with E-state index in [2.05, 4.69) is 25.9 Å². The predicted molar refractivity (Wildman–Crippen MR) is 73.3 cm³/mol. The standard InChI is InChI=1S/C13H10BrN3O2/c14-9-7-11-12(16-8-9)19-6-5-17(11)13(18)10-3-1-2-4-15-10/h1-4,7-8H,5-6H2. The van der Waals surface area contributed by atoms with Crippen molar-refractivity contribution in [1.29, 1.82) is 0 Å². The van der Waals surface area contributed by atoms with Crippen molar-refractivity contribution < 1.29 is 9.53 Å². The number of anilines is 1. The summed E-state index contributed by atoms with van der Waals surface area (Å²) < 4.78 is 6.25. The molecule has 3 rings (SSSR count). The molecule has 5 nitrogen and oxygen atoms in total. The SMILES string of the molecule is O=C(c1ccccn1)N1CCOc2ncc(Br)cc21. The van der Waals surface area contributed by atoms with E-state index < -0.39 is 0 Å². The minimum Gasteiger partial charge on any atom is -0.474 e. The van der Waals surface area contributed by atoms with Crippen LogP contribution in [0.1, 0.15) is 10.5 Å². The second-order valence-electron chi connectivity index (χ2n) is 4.00. The van der Waals surface area contributed by atoms with Crippen LogP contribution in [0.4, 0.5) is 5.69 Å². The molecule has 0 bridgehead atoms. The Morgan fingerprint density at radius 3 is 3.05 bits per heavy atom. The van der Waals surface area contributed by atoms with Gasteiger partial charge >= 0.3 is 0 Å². The maximum Gasteiger partial charge on any atom is 0.277 e. The summed E-state index contributed by atoms with van der Waals surface area (Å²) in [5.74, 6) is 0.323. The van der Waals surface area contributed by atoms with Crippen molar-refractivity contribution in [3.05, 3.63) is 46.8 Å². The molecule has 0 unspecified atom stereocenters. The Morgan fingerprint density at radius 1 is 1.37 bits per heavy atom. The van der Waals surface area contributed by atoms with Gasteiger partial charge in [-0.05, 0) is 34.1 Å². The lowest BCUT2D eigenvalue weighted by Gasteiger charge is -2.28. The molecular formula is C13H10BrN3O2. The average Bonchev–Trinajstić information content (AvgIpc) is 2.47. The average molecular weight is 320 g/mol. The Bertz CT molecular complexity index is 619. The largest absolute Gasteiger partial charge is 0.474 e. The van der Waals surface area contributed by atoms with Crippen molar-refractivity contribution in [3.63, 3.8) is 0 Å². The first-order chi connectivity index (χ1) is 9.25. The normalized spacial score (nSPS) is 13.6. The number of ether oxygens (including phenoxy) is 1. The maximum atomic E-state index is 12.4. The second kappa shape index (κ2) is 4.97. The number of nitrogens with zero attached hydrogens (tertiary/aromatic N) is 3. The molecule has 0 saturated carbocycles. The van der Waals surface area contributed by atoms with Crippen LogP contribution in [0.5, 0.6) is 5.88 Å². The summed E-state index contributed by atoms with van der Waals surface area (Å²) in [5.41, 5.74) is 1.08. The minimum atomic E-state index is -0.148. The van der Waals surface area contributed by atoms with Crippen LogP contribution in [0.2, 0.25) is 0 Å². The zero-order valence-electron chi connectivity index (χ0n) is 9.91. The van der Waals surface area contributed by atoms with E-state index in [0.717, 1.165) is 4.47 Å². The molecule has 1 aliphatic rings. The van der Waals surface area contributed by atoms with Gasteiger partial charge in [-0.15, -0.1) is 0 Å². The summed E-state index contributed by atoms with van der Waals surface area (Å²) in [6.45, 7) is 0.917. The fraction of sp³-hybridized carbons (Fsp3) is 0.154. The first kappa shape index (κ1) is 12.1. The molecule has 0 aliphatic carbocycles. The molecule has 0 N–H and O–H groups in total. The van der Waals surface area contributed by atoms with Crippen LogP contribution < -0.4 is 9.64 Å². The van der Waals surface area contributed by atoms with Crippen molar-refractivity contribution in [1.82, 2.24) is 9.97 Å². The summed E-state index contributed by atoms with van der Waals surface area (Å²) in [5, 5.41) is 0. The predicted octanol–water partition coefficient (Wildman–Crippen LogP) is 2.28. The fourth-order valence-corrected chi connectivity index (χ4v) is 2.23. The van der Waals surface area contributed by atoms with Crippen molar-refractivity contribution in [2.45, 2.75) is 0 Å². The summed E-state index contributed by atoms with van der Waals surface area (Å²) in [6, 6.07) is 7.09. The molecule has 0 saturated heterocycles. The van der Waals surface area contributed by atoms with Gasteiger partial charge < -0.3 is 4.74 Å². The molecule has 6 heteroatoms. The number of hydrogen-bond acceptors (Lipinski definition) is 4. The Kier molecular flexibility index (Phi) is 3.16. The number of halogens is 1. The first-order valence-electron chi connectivity index (χ1n) is 5.77. The van der Waals surface area contributed by atoms with Crippen molar-refractivity contribution >= 4 is 27.5 Å². The van der Waals surface area contributed by atoms with Crippen LogP contribution in [0.25, 0.3) is 0 Å². The Morgan fingerprint density at radius 2 is 2.26 bits per heavy atom. The molecule has 1 aliphatic heterocycles. The molecule has 0 fully saturated rings. The molecule has 19 heavy (non-hydrogen) atoms. The van der Waals surface area contributed by atoms with E-state index in [9.17, 15) is 4.79 Å². The smallest absolute Gasteiger partial charge is 0.277 e. The molecule has 3 heterocycles. The van der Waals surface area contributed by atoms with E-state index in [0.29, 0.717) is 30.4 Å². The third-order valence-corrected chi connectivity index (χ3v) is 3.21. The monoisotopic (exact) mass is 319 g/mol. The van der Waals surface area contributed by atoms with Crippen LogP contribution in [-0.4, -0.2) is 29.0 Å². The third kappa shape index (κ3) is 2.31.